The highest BCUT2D eigenvalue weighted by Gasteiger charge is 2.24. The second-order valence-electron chi connectivity index (χ2n) is 3.01. The maximum absolute atomic E-state index is 13.0. The van der Waals surface area contributed by atoms with Crippen molar-refractivity contribution in [3.8, 4) is 0 Å². The summed E-state index contributed by atoms with van der Waals surface area (Å²) in [4.78, 5) is 9.93. The van der Waals surface area contributed by atoms with Crippen molar-refractivity contribution in [2.45, 2.75) is 6.42 Å². The van der Waals surface area contributed by atoms with Crippen LogP contribution in [0.5, 0.6) is 0 Å². The Labute approximate surface area is 91.9 Å². The zero-order valence-electron chi connectivity index (χ0n) is 8.12. The van der Waals surface area contributed by atoms with Crippen LogP contribution in [0.1, 0.15) is 5.56 Å². The Hall–Kier alpha value is -1.86. The largest absolute Gasteiger partial charge is 0.530 e. The summed E-state index contributed by atoms with van der Waals surface area (Å²) in [5, 5.41) is 11.6. The standard InChI is InChI=1S/C9H6F5NO2/c10-4-3(1-2-15-9(16)17)5(11)7(13)8(14)6(4)12/h15H,1-2H2,(H,16,17)/p-1. The number of amides is 1. The Morgan fingerprint density at radius 1 is 0.941 bits per heavy atom. The van der Waals surface area contributed by atoms with Gasteiger partial charge in [-0.3, -0.25) is 0 Å². The average molecular weight is 254 g/mol. The second kappa shape index (κ2) is 4.98. The maximum atomic E-state index is 13.0. The monoisotopic (exact) mass is 254 g/mol. The van der Waals surface area contributed by atoms with E-state index < -0.39 is 53.7 Å². The van der Waals surface area contributed by atoms with E-state index in [4.69, 9.17) is 0 Å². The molecule has 8 heteroatoms. The Kier molecular flexibility index (Phi) is 3.87. The summed E-state index contributed by atoms with van der Waals surface area (Å²) in [6.07, 6.45) is -2.39. The minimum absolute atomic E-state index is 0.527. The molecule has 0 atom stereocenters. The molecule has 0 aliphatic rings. The van der Waals surface area contributed by atoms with Crippen LogP contribution in [-0.4, -0.2) is 12.6 Å². The molecule has 94 valence electrons. The molecule has 0 saturated heterocycles. The quantitative estimate of drug-likeness (QED) is 0.494. The SMILES string of the molecule is O=C([O-])NCCc1c(F)c(F)c(F)c(F)c1F. The van der Waals surface area contributed by atoms with Crippen molar-refractivity contribution in [1.29, 1.82) is 0 Å². The summed E-state index contributed by atoms with van der Waals surface area (Å²) in [6, 6.07) is 0. The second-order valence-corrected chi connectivity index (χ2v) is 3.01. The number of carbonyl (C=O) groups is 1. The molecule has 0 fully saturated rings. The van der Waals surface area contributed by atoms with E-state index in [1.54, 1.807) is 5.32 Å². The predicted octanol–water partition coefficient (Wildman–Crippen LogP) is 0.857. The molecule has 17 heavy (non-hydrogen) atoms. The lowest BCUT2D eigenvalue weighted by molar-refractivity contribution is -0.250. The van der Waals surface area contributed by atoms with Gasteiger partial charge in [-0.1, -0.05) is 0 Å². The number of benzene rings is 1. The van der Waals surface area contributed by atoms with Gasteiger partial charge < -0.3 is 15.2 Å². The highest BCUT2D eigenvalue weighted by atomic mass is 19.2. The summed E-state index contributed by atoms with van der Waals surface area (Å²) < 4.78 is 64.0. The lowest BCUT2D eigenvalue weighted by Crippen LogP contribution is -2.37. The summed E-state index contributed by atoms with van der Waals surface area (Å²) in [5.74, 6) is -10.3. The van der Waals surface area contributed by atoms with Crippen LogP contribution >= 0.6 is 0 Å². The predicted molar refractivity (Wildman–Crippen MR) is 43.3 cm³/mol. The third-order valence-electron chi connectivity index (χ3n) is 1.95. The molecule has 0 bridgehead atoms. The zero-order chi connectivity index (χ0) is 13.2. The van der Waals surface area contributed by atoms with E-state index in [0.29, 0.717) is 0 Å². The van der Waals surface area contributed by atoms with Crippen molar-refractivity contribution in [2.75, 3.05) is 6.54 Å². The fourth-order valence-corrected chi connectivity index (χ4v) is 1.16. The van der Waals surface area contributed by atoms with Gasteiger partial charge in [-0.2, -0.15) is 0 Å². The summed E-state index contributed by atoms with van der Waals surface area (Å²) in [6.45, 7) is -0.527. The first kappa shape index (κ1) is 13.2. The van der Waals surface area contributed by atoms with Crippen molar-refractivity contribution in [3.05, 3.63) is 34.6 Å². The number of carbonyl (C=O) groups excluding carboxylic acids is 1. The van der Waals surface area contributed by atoms with Gasteiger partial charge in [0, 0.05) is 12.1 Å². The van der Waals surface area contributed by atoms with Gasteiger partial charge in [0.2, 0.25) is 5.82 Å². The van der Waals surface area contributed by atoms with E-state index in [2.05, 4.69) is 0 Å². The van der Waals surface area contributed by atoms with Gasteiger partial charge in [-0.15, -0.1) is 0 Å². The van der Waals surface area contributed by atoms with Crippen LogP contribution in [0, 0.1) is 29.1 Å². The Morgan fingerprint density at radius 3 is 1.76 bits per heavy atom. The van der Waals surface area contributed by atoms with Gasteiger partial charge >= 0.3 is 0 Å². The van der Waals surface area contributed by atoms with Gasteiger partial charge in [0.1, 0.15) is 6.09 Å². The topological polar surface area (TPSA) is 52.2 Å². The van der Waals surface area contributed by atoms with Gasteiger partial charge in [0.05, 0.1) is 0 Å². The normalized spacial score (nSPS) is 10.4. The summed E-state index contributed by atoms with van der Waals surface area (Å²) in [7, 11) is 0. The molecule has 1 amide bonds. The van der Waals surface area contributed by atoms with Crippen LogP contribution in [0.4, 0.5) is 26.7 Å². The van der Waals surface area contributed by atoms with E-state index in [0.717, 1.165) is 0 Å². The molecule has 1 rings (SSSR count). The Morgan fingerprint density at radius 2 is 1.35 bits per heavy atom. The van der Waals surface area contributed by atoms with Crippen molar-refractivity contribution in [3.63, 3.8) is 0 Å². The van der Waals surface area contributed by atoms with E-state index >= 15 is 0 Å². The van der Waals surface area contributed by atoms with Gasteiger partial charge in [-0.25, -0.2) is 22.0 Å². The molecule has 1 N–H and O–H groups in total. The van der Waals surface area contributed by atoms with Crippen molar-refractivity contribution >= 4 is 6.09 Å². The number of hydrogen-bond acceptors (Lipinski definition) is 2. The molecule has 0 radical (unpaired) electrons. The van der Waals surface area contributed by atoms with Crippen LogP contribution in [0.25, 0.3) is 0 Å². The Balaban J connectivity index is 3.03. The van der Waals surface area contributed by atoms with Crippen molar-refractivity contribution in [1.82, 2.24) is 5.32 Å². The maximum Gasteiger partial charge on any atom is 0.200 e. The molecule has 0 aliphatic carbocycles. The molecule has 0 aliphatic heterocycles. The molecular formula is C9H5F5NO2-. The summed E-state index contributed by atoms with van der Waals surface area (Å²) in [5.41, 5.74) is -1.07. The van der Waals surface area contributed by atoms with Gasteiger partial charge in [-0.05, 0) is 6.42 Å². The van der Waals surface area contributed by atoms with E-state index in [9.17, 15) is 31.9 Å². The number of nitrogens with one attached hydrogen (secondary N) is 1. The fourth-order valence-electron chi connectivity index (χ4n) is 1.16. The van der Waals surface area contributed by atoms with Gasteiger partial charge in [0.25, 0.3) is 0 Å². The van der Waals surface area contributed by atoms with E-state index in [1.807, 2.05) is 0 Å². The number of hydrogen-bond donors (Lipinski definition) is 1. The molecular weight excluding hydrogens is 249 g/mol. The lowest BCUT2D eigenvalue weighted by Gasteiger charge is -2.09. The van der Waals surface area contributed by atoms with E-state index in [-0.39, 0.29) is 0 Å². The van der Waals surface area contributed by atoms with Crippen LogP contribution in [0.2, 0.25) is 0 Å². The molecule has 0 saturated carbocycles. The van der Waals surface area contributed by atoms with Crippen LogP contribution in [0.3, 0.4) is 0 Å². The number of rotatable bonds is 3. The third kappa shape index (κ3) is 2.63. The van der Waals surface area contributed by atoms with Crippen LogP contribution in [-0.2, 0) is 6.42 Å². The molecule has 3 nitrogen and oxygen atoms in total. The molecule has 0 heterocycles. The first-order chi connectivity index (χ1) is 7.86. The third-order valence-corrected chi connectivity index (χ3v) is 1.95. The number of halogens is 5. The van der Waals surface area contributed by atoms with Gasteiger partial charge in [0.15, 0.2) is 23.3 Å². The average Bonchev–Trinajstić information content (AvgIpc) is 2.28. The molecule has 0 spiro atoms. The Bertz CT molecular complexity index is 434. The summed E-state index contributed by atoms with van der Waals surface area (Å²) >= 11 is 0. The fraction of sp³-hybridized carbons (Fsp3) is 0.222. The molecule has 1 aromatic carbocycles. The molecule has 0 unspecified atom stereocenters. The van der Waals surface area contributed by atoms with Crippen molar-refractivity contribution in [2.24, 2.45) is 0 Å². The molecule has 1 aromatic rings. The van der Waals surface area contributed by atoms with E-state index in [1.165, 1.54) is 0 Å². The minimum atomic E-state index is -2.25. The lowest BCUT2D eigenvalue weighted by atomic mass is 10.1. The smallest absolute Gasteiger partial charge is 0.200 e. The first-order valence-corrected chi connectivity index (χ1v) is 4.31. The number of carboxylic acid groups (broad SMARTS) is 1. The van der Waals surface area contributed by atoms with Crippen LogP contribution < -0.4 is 10.4 Å². The minimum Gasteiger partial charge on any atom is -0.530 e. The van der Waals surface area contributed by atoms with Crippen molar-refractivity contribution < 1.29 is 31.9 Å². The zero-order valence-corrected chi connectivity index (χ0v) is 8.12. The first-order valence-electron chi connectivity index (χ1n) is 4.31. The van der Waals surface area contributed by atoms with Crippen LogP contribution in [0.15, 0.2) is 0 Å². The highest BCUT2D eigenvalue weighted by Crippen LogP contribution is 2.23. The highest BCUT2D eigenvalue weighted by molar-refractivity contribution is 5.61. The molecule has 0 aromatic heterocycles.